The monoisotopic (exact) mass is 121 g/mol. The molecule has 1 nitrogen and oxygen atoms in total. The fourth-order valence-electron chi connectivity index (χ4n) is 0.777. The average Bonchev–Trinajstić information content (AvgIpc) is 1.80. The molecule has 48 valence electrons. The number of rotatable bonds is 0. The van der Waals surface area contributed by atoms with Crippen molar-refractivity contribution in [1.82, 2.24) is 4.90 Å². The predicted molar refractivity (Wildman–Crippen MR) is 39.8 cm³/mol. The number of hydrogen-bond acceptors (Lipinski definition) is 1. The van der Waals surface area contributed by atoms with Gasteiger partial charge in [-0.25, -0.2) is 0 Å². The molecule has 0 bridgehead atoms. The maximum absolute atomic E-state index is 3.82. The lowest BCUT2D eigenvalue weighted by Crippen LogP contribution is -2.10. The summed E-state index contributed by atoms with van der Waals surface area (Å²) in [7, 11) is 2.00. The van der Waals surface area contributed by atoms with Crippen LogP contribution in [-0.4, -0.2) is 11.9 Å². The highest BCUT2D eigenvalue weighted by atomic mass is 15.1. The van der Waals surface area contributed by atoms with Gasteiger partial charge < -0.3 is 4.90 Å². The summed E-state index contributed by atoms with van der Waals surface area (Å²) in [6.45, 7) is 5.89. The largest absolute Gasteiger partial charge is 0.351 e. The first-order chi connectivity index (χ1) is 4.20. The number of allylic oxidation sites excluding steroid dienone is 3. The van der Waals surface area contributed by atoms with E-state index in [1.165, 1.54) is 5.57 Å². The van der Waals surface area contributed by atoms with E-state index in [9.17, 15) is 0 Å². The molecule has 1 aliphatic heterocycles. The molecule has 0 N–H and O–H groups in total. The Kier molecular flexibility index (Phi) is 1.43. The van der Waals surface area contributed by atoms with Crippen molar-refractivity contribution >= 4 is 0 Å². The minimum atomic E-state index is 1.04. The Labute approximate surface area is 56.0 Å². The third-order valence-corrected chi connectivity index (χ3v) is 1.39. The first-order valence-electron chi connectivity index (χ1n) is 2.98. The second kappa shape index (κ2) is 2.09. The van der Waals surface area contributed by atoms with Crippen LogP contribution < -0.4 is 0 Å². The van der Waals surface area contributed by atoms with Crippen molar-refractivity contribution in [3.63, 3.8) is 0 Å². The van der Waals surface area contributed by atoms with Crippen LogP contribution in [0.1, 0.15) is 6.92 Å². The summed E-state index contributed by atoms with van der Waals surface area (Å²) in [4.78, 5) is 2.01. The van der Waals surface area contributed by atoms with Gasteiger partial charge in [0.05, 0.1) is 0 Å². The molecule has 0 atom stereocenters. The molecule has 0 saturated heterocycles. The van der Waals surface area contributed by atoms with Crippen molar-refractivity contribution in [2.24, 2.45) is 0 Å². The molecule has 0 aliphatic carbocycles. The van der Waals surface area contributed by atoms with E-state index in [4.69, 9.17) is 0 Å². The van der Waals surface area contributed by atoms with Gasteiger partial charge in [-0.15, -0.1) is 0 Å². The maximum Gasteiger partial charge on any atom is 0.0330 e. The summed E-state index contributed by atoms with van der Waals surface area (Å²) in [6, 6.07) is 0. The van der Waals surface area contributed by atoms with Gasteiger partial charge in [0.15, 0.2) is 0 Å². The van der Waals surface area contributed by atoms with Crippen LogP contribution >= 0.6 is 0 Å². The van der Waals surface area contributed by atoms with E-state index in [2.05, 4.69) is 25.8 Å². The number of hydrogen-bond donors (Lipinski definition) is 0. The van der Waals surface area contributed by atoms with Gasteiger partial charge in [0, 0.05) is 18.9 Å². The Hall–Kier alpha value is -0.980. The van der Waals surface area contributed by atoms with Crippen LogP contribution in [-0.2, 0) is 0 Å². The second-order valence-electron chi connectivity index (χ2n) is 2.31. The molecule has 1 heterocycles. The molecule has 0 aromatic rings. The molecule has 1 heteroatoms. The number of likely N-dealkylation sites (N-methyl/N-ethyl adjacent to an activating group) is 1. The fourth-order valence-corrected chi connectivity index (χ4v) is 0.777. The summed E-state index contributed by atoms with van der Waals surface area (Å²) in [5, 5.41) is 0. The van der Waals surface area contributed by atoms with Crippen molar-refractivity contribution in [3.8, 4) is 0 Å². The lowest BCUT2D eigenvalue weighted by molar-refractivity contribution is 0.581. The van der Waals surface area contributed by atoms with Crippen molar-refractivity contribution in [3.05, 3.63) is 36.2 Å². The van der Waals surface area contributed by atoms with Gasteiger partial charge >= 0.3 is 0 Å². The highest BCUT2D eigenvalue weighted by Crippen LogP contribution is 2.11. The maximum atomic E-state index is 3.82. The molecule has 0 spiro atoms. The lowest BCUT2D eigenvalue weighted by atomic mass is 10.2. The zero-order valence-corrected chi connectivity index (χ0v) is 5.89. The zero-order chi connectivity index (χ0) is 6.85. The smallest absolute Gasteiger partial charge is 0.0330 e. The van der Waals surface area contributed by atoms with E-state index >= 15 is 0 Å². The molecule has 0 saturated carbocycles. The molecule has 0 fully saturated rings. The predicted octanol–water partition coefficient (Wildman–Crippen LogP) is 1.91. The Morgan fingerprint density at radius 2 is 2.11 bits per heavy atom. The van der Waals surface area contributed by atoms with Gasteiger partial charge in [0.1, 0.15) is 0 Å². The molecule has 0 radical (unpaired) electrons. The highest BCUT2D eigenvalue weighted by molar-refractivity contribution is 5.30. The van der Waals surface area contributed by atoms with Crippen LogP contribution in [0.5, 0.6) is 0 Å². The average molecular weight is 121 g/mol. The topological polar surface area (TPSA) is 3.24 Å². The van der Waals surface area contributed by atoms with E-state index in [0.717, 1.165) is 5.70 Å². The standard InChI is InChI=1S/C8H11N/c1-7-4-5-8(2)9(3)6-7/h4-6H,2H2,1,3H3. The van der Waals surface area contributed by atoms with Crippen molar-refractivity contribution in [1.29, 1.82) is 0 Å². The quantitative estimate of drug-likeness (QED) is 0.473. The minimum absolute atomic E-state index is 1.04. The van der Waals surface area contributed by atoms with Crippen LogP contribution in [0.4, 0.5) is 0 Å². The van der Waals surface area contributed by atoms with E-state index in [0.29, 0.717) is 0 Å². The second-order valence-corrected chi connectivity index (χ2v) is 2.31. The van der Waals surface area contributed by atoms with Crippen LogP contribution in [0.25, 0.3) is 0 Å². The summed E-state index contributed by atoms with van der Waals surface area (Å²) in [6.07, 6.45) is 6.12. The van der Waals surface area contributed by atoms with Crippen LogP contribution in [0.2, 0.25) is 0 Å². The summed E-state index contributed by atoms with van der Waals surface area (Å²) >= 11 is 0. The van der Waals surface area contributed by atoms with Gasteiger partial charge in [-0.1, -0.05) is 12.7 Å². The van der Waals surface area contributed by atoms with Gasteiger partial charge in [-0.05, 0) is 18.6 Å². The molecule has 1 rings (SSSR count). The minimum Gasteiger partial charge on any atom is -0.351 e. The van der Waals surface area contributed by atoms with Crippen molar-refractivity contribution in [2.45, 2.75) is 6.92 Å². The summed E-state index contributed by atoms with van der Waals surface area (Å²) < 4.78 is 0. The van der Waals surface area contributed by atoms with E-state index in [1.807, 2.05) is 18.0 Å². The van der Waals surface area contributed by atoms with Gasteiger partial charge in [-0.3, -0.25) is 0 Å². The van der Waals surface area contributed by atoms with Gasteiger partial charge in [0.2, 0.25) is 0 Å². The van der Waals surface area contributed by atoms with E-state index in [1.54, 1.807) is 0 Å². The highest BCUT2D eigenvalue weighted by Gasteiger charge is 1.98. The van der Waals surface area contributed by atoms with E-state index < -0.39 is 0 Å². The summed E-state index contributed by atoms with van der Waals surface area (Å²) in [5.41, 5.74) is 2.31. The fraction of sp³-hybridized carbons (Fsp3) is 0.250. The van der Waals surface area contributed by atoms with Crippen molar-refractivity contribution in [2.75, 3.05) is 7.05 Å². The Morgan fingerprint density at radius 3 is 2.56 bits per heavy atom. The van der Waals surface area contributed by atoms with Crippen LogP contribution in [0, 0.1) is 0 Å². The Bertz CT molecular complexity index is 187. The molecular formula is C8H11N. The zero-order valence-electron chi connectivity index (χ0n) is 5.89. The van der Waals surface area contributed by atoms with Crippen LogP contribution in [0.3, 0.4) is 0 Å². The normalized spacial score (nSPS) is 18.2. The summed E-state index contributed by atoms with van der Waals surface area (Å²) in [5.74, 6) is 0. The molecule has 1 aliphatic rings. The molecule has 0 aromatic carbocycles. The van der Waals surface area contributed by atoms with Gasteiger partial charge in [0.25, 0.3) is 0 Å². The molecule has 0 unspecified atom stereocenters. The molecule has 0 amide bonds. The number of nitrogens with zero attached hydrogens (tertiary/aromatic N) is 1. The SMILES string of the molecule is C=C1C=CC(C)=CN1C. The molecule has 9 heavy (non-hydrogen) atoms. The molecule has 0 aromatic heterocycles. The molecular weight excluding hydrogens is 110 g/mol. The first kappa shape index (κ1) is 6.14. The van der Waals surface area contributed by atoms with E-state index in [-0.39, 0.29) is 0 Å². The lowest BCUT2D eigenvalue weighted by Gasteiger charge is -2.18. The Balaban J connectivity index is 2.82. The van der Waals surface area contributed by atoms with Crippen LogP contribution in [0.15, 0.2) is 36.2 Å². The first-order valence-corrected chi connectivity index (χ1v) is 2.98. The third-order valence-electron chi connectivity index (χ3n) is 1.39. The third kappa shape index (κ3) is 1.22. The Morgan fingerprint density at radius 1 is 1.44 bits per heavy atom. The van der Waals surface area contributed by atoms with Crippen molar-refractivity contribution < 1.29 is 0 Å². The van der Waals surface area contributed by atoms with Gasteiger partial charge in [-0.2, -0.15) is 0 Å².